The van der Waals surface area contributed by atoms with Crippen molar-refractivity contribution in [3.05, 3.63) is 18.1 Å². The predicted molar refractivity (Wildman–Crippen MR) is 65.7 cm³/mol. The zero-order valence-electron chi connectivity index (χ0n) is 9.15. The molecule has 4 nitrogen and oxygen atoms in total. The zero-order chi connectivity index (χ0) is 11.4. The molecule has 0 amide bonds. The Kier molecular flexibility index (Phi) is 3.77. The van der Waals surface area contributed by atoms with E-state index in [0.29, 0.717) is 5.69 Å². The summed E-state index contributed by atoms with van der Waals surface area (Å²) in [7, 11) is 0. The number of nitrogens with two attached hydrogens (primary N) is 1. The van der Waals surface area contributed by atoms with Gasteiger partial charge in [0.2, 0.25) is 0 Å². The molecular formula is C11H16N4S. The third-order valence-electron chi connectivity index (χ3n) is 2.85. The highest BCUT2D eigenvalue weighted by atomic mass is 32.2. The Bertz CT molecular complexity index is 374. The first-order valence-electron chi connectivity index (χ1n) is 5.55. The summed E-state index contributed by atoms with van der Waals surface area (Å²) in [5.74, 6) is 1.87. The Morgan fingerprint density at radius 1 is 1.38 bits per heavy atom. The second-order valence-electron chi connectivity index (χ2n) is 4.09. The largest absolute Gasteiger partial charge is 0.382 e. The standard InChI is InChI=1S/C11H16N4S/c12-10(13)9-11(15-6-5-14-9)16-7-8-3-1-2-4-8/h5-6,8H,1-4,7H2,(H3,12,13). The van der Waals surface area contributed by atoms with Crippen molar-refractivity contribution >= 4 is 17.6 Å². The average molecular weight is 236 g/mol. The topological polar surface area (TPSA) is 75.7 Å². The number of nitrogen functional groups attached to an aromatic ring is 1. The molecule has 0 aliphatic heterocycles. The van der Waals surface area contributed by atoms with E-state index >= 15 is 0 Å². The van der Waals surface area contributed by atoms with E-state index in [1.165, 1.54) is 25.7 Å². The van der Waals surface area contributed by atoms with Gasteiger partial charge in [-0.2, -0.15) is 0 Å². The van der Waals surface area contributed by atoms with Crippen LogP contribution in [0.25, 0.3) is 0 Å². The molecule has 0 spiro atoms. The molecule has 16 heavy (non-hydrogen) atoms. The lowest BCUT2D eigenvalue weighted by atomic mass is 10.1. The van der Waals surface area contributed by atoms with E-state index in [1.54, 1.807) is 24.2 Å². The van der Waals surface area contributed by atoms with Gasteiger partial charge < -0.3 is 5.73 Å². The molecule has 2 rings (SSSR count). The quantitative estimate of drug-likeness (QED) is 0.476. The Hall–Kier alpha value is -1.10. The van der Waals surface area contributed by atoms with Crippen molar-refractivity contribution in [2.45, 2.75) is 30.7 Å². The van der Waals surface area contributed by atoms with Gasteiger partial charge in [-0.3, -0.25) is 5.41 Å². The number of hydrogen-bond acceptors (Lipinski definition) is 4. The van der Waals surface area contributed by atoms with Crippen LogP contribution in [0.3, 0.4) is 0 Å². The molecule has 1 saturated carbocycles. The van der Waals surface area contributed by atoms with Gasteiger partial charge in [-0.25, -0.2) is 9.97 Å². The smallest absolute Gasteiger partial charge is 0.144 e. The number of amidine groups is 1. The van der Waals surface area contributed by atoms with Gasteiger partial charge in [0.1, 0.15) is 16.6 Å². The van der Waals surface area contributed by atoms with E-state index in [1.807, 2.05) is 0 Å². The van der Waals surface area contributed by atoms with Crippen molar-refractivity contribution in [1.82, 2.24) is 9.97 Å². The molecule has 1 aliphatic carbocycles. The fourth-order valence-corrected chi connectivity index (χ4v) is 3.15. The lowest BCUT2D eigenvalue weighted by Crippen LogP contribution is -2.15. The van der Waals surface area contributed by atoms with Crippen molar-refractivity contribution < 1.29 is 0 Å². The van der Waals surface area contributed by atoms with E-state index in [0.717, 1.165) is 16.7 Å². The van der Waals surface area contributed by atoms with E-state index in [9.17, 15) is 0 Å². The van der Waals surface area contributed by atoms with E-state index < -0.39 is 0 Å². The van der Waals surface area contributed by atoms with Gasteiger partial charge in [-0.05, 0) is 18.8 Å². The SMILES string of the molecule is N=C(N)c1nccnc1SCC1CCCC1. The van der Waals surface area contributed by atoms with Gasteiger partial charge in [0, 0.05) is 18.1 Å². The van der Waals surface area contributed by atoms with E-state index in [2.05, 4.69) is 9.97 Å². The Balaban J connectivity index is 2.00. The van der Waals surface area contributed by atoms with Crippen molar-refractivity contribution in [3.8, 4) is 0 Å². The molecule has 1 fully saturated rings. The van der Waals surface area contributed by atoms with Gasteiger partial charge >= 0.3 is 0 Å². The molecule has 0 unspecified atom stereocenters. The molecule has 1 aliphatic rings. The lowest BCUT2D eigenvalue weighted by molar-refractivity contribution is 0.622. The minimum absolute atomic E-state index is 0.00187. The summed E-state index contributed by atoms with van der Waals surface area (Å²) in [5.41, 5.74) is 5.98. The summed E-state index contributed by atoms with van der Waals surface area (Å²) in [6.45, 7) is 0. The number of rotatable bonds is 4. The number of thioether (sulfide) groups is 1. The first-order chi connectivity index (χ1) is 7.77. The average Bonchev–Trinajstić information content (AvgIpc) is 2.79. The van der Waals surface area contributed by atoms with Crippen LogP contribution >= 0.6 is 11.8 Å². The highest BCUT2D eigenvalue weighted by Crippen LogP contribution is 2.30. The first kappa shape index (κ1) is 11.4. The van der Waals surface area contributed by atoms with Gasteiger partial charge in [0.05, 0.1) is 0 Å². The van der Waals surface area contributed by atoms with Crippen LogP contribution in [-0.2, 0) is 0 Å². The van der Waals surface area contributed by atoms with Gasteiger partial charge in [0.15, 0.2) is 0 Å². The lowest BCUT2D eigenvalue weighted by Gasteiger charge is -2.09. The number of hydrogen-bond donors (Lipinski definition) is 2. The van der Waals surface area contributed by atoms with Crippen LogP contribution in [0.15, 0.2) is 17.4 Å². The maximum absolute atomic E-state index is 7.43. The fraction of sp³-hybridized carbons (Fsp3) is 0.545. The minimum atomic E-state index is 0.00187. The first-order valence-corrected chi connectivity index (χ1v) is 6.54. The molecule has 0 atom stereocenters. The van der Waals surface area contributed by atoms with Crippen molar-refractivity contribution in [1.29, 1.82) is 5.41 Å². The summed E-state index contributed by atoms with van der Waals surface area (Å²) in [6, 6.07) is 0. The number of nitrogens with one attached hydrogen (secondary N) is 1. The summed E-state index contributed by atoms with van der Waals surface area (Å²) < 4.78 is 0. The summed E-state index contributed by atoms with van der Waals surface area (Å²) in [6.07, 6.45) is 8.58. The monoisotopic (exact) mass is 236 g/mol. The summed E-state index contributed by atoms with van der Waals surface area (Å²) in [4.78, 5) is 8.33. The van der Waals surface area contributed by atoms with Gasteiger partial charge in [-0.1, -0.05) is 12.8 Å². The van der Waals surface area contributed by atoms with Crippen LogP contribution in [0, 0.1) is 11.3 Å². The van der Waals surface area contributed by atoms with Crippen molar-refractivity contribution in [2.24, 2.45) is 11.7 Å². The third-order valence-corrected chi connectivity index (χ3v) is 4.06. The molecule has 0 saturated heterocycles. The zero-order valence-corrected chi connectivity index (χ0v) is 9.96. The maximum atomic E-state index is 7.43. The second kappa shape index (κ2) is 5.30. The molecule has 0 radical (unpaired) electrons. The van der Waals surface area contributed by atoms with E-state index in [4.69, 9.17) is 11.1 Å². The van der Waals surface area contributed by atoms with Gasteiger partial charge in [0.25, 0.3) is 0 Å². The molecule has 86 valence electrons. The van der Waals surface area contributed by atoms with Crippen LogP contribution in [0.1, 0.15) is 31.4 Å². The second-order valence-corrected chi connectivity index (χ2v) is 5.09. The van der Waals surface area contributed by atoms with Crippen LogP contribution in [-0.4, -0.2) is 21.6 Å². The molecule has 1 aromatic rings. The van der Waals surface area contributed by atoms with Crippen molar-refractivity contribution in [3.63, 3.8) is 0 Å². The normalized spacial score (nSPS) is 16.5. The van der Waals surface area contributed by atoms with Crippen LogP contribution in [0.2, 0.25) is 0 Å². The van der Waals surface area contributed by atoms with Gasteiger partial charge in [-0.15, -0.1) is 11.8 Å². The number of aromatic nitrogens is 2. The summed E-state index contributed by atoms with van der Waals surface area (Å²) >= 11 is 1.68. The molecule has 5 heteroatoms. The highest BCUT2D eigenvalue weighted by Gasteiger charge is 2.17. The molecule has 0 bridgehead atoms. The third kappa shape index (κ3) is 2.72. The molecular weight excluding hydrogens is 220 g/mol. The van der Waals surface area contributed by atoms with Crippen LogP contribution < -0.4 is 5.73 Å². The Morgan fingerprint density at radius 2 is 2.06 bits per heavy atom. The van der Waals surface area contributed by atoms with Crippen LogP contribution in [0.5, 0.6) is 0 Å². The summed E-state index contributed by atoms with van der Waals surface area (Å²) in [5, 5.41) is 8.22. The maximum Gasteiger partial charge on any atom is 0.144 e. The van der Waals surface area contributed by atoms with Crippen molar-refractivity contribution in [2.75, 3.05) is 5.75 Å². The molecule has 1 aromatic heterocycles. The van der Waals surface area contributed by atoms with E-state index in [-0.39, 0.29) is 5.84 Å². The molecule has 1 heterocycles. The van der Waals surface area contributed by atoms with Crippen LogP contribution in [0.4, 0.5) is 0 Å². The Morgan fingerprint density at radius 3 is 2.75 bits per heavy atom. The number of nitrogens with zero attached hydrogens (tertiary/aromatic N) is 2. The highest BCUT2D eigenvalue weighted by molar-refractivity contribution is 7.99. The minimum Gasteiger partial charge on any atom is -0.382 e. The predicted octanol–water partition coefficient (Wildman–Crippen LogP) is 2.04. The fourth-order valence-electron chi connectivity index (χ4n) is 1.99. The molecule has 3 N–H and O–H groups in total. The Labute approximate surface area is 99.6 Å². The molecule has 0 aromatic carbocycles.